The summed E-state index contributed by atoms with van der Waals surface area (Å²) >= 11 is 0. The van der Waals surface area contributed by atoms with Crippen molar-refractivity contribution in [2.45, 2.75) is 26.4 Å². The Balaban J connectivity index is 2.76. The molecule has 1 aromatic carbocycles. The molecule has 80 valence electrons. The fraction of sp³-hybridized carbons (Fsp3) is 0.364. The van der Waals surface area contributed by atoms with Crippen LogP contribution in [0.3, 0.4) is 0 Å². The smallest absolute Gasteiger partial charge is 0.169 e. The second-order valence-electron chi connectivity index (χ2n) is 4.26. The van der Waals surface area contributed by atoms with Crippen LogP contribution in [0.2, 0.25) is 0 Å². The average Bonchev–Trinajstić information content (AvgIpc) is 2.44. The summed E-state index contributed by atoms with van der Waals surface area (Å²) in [4.78, 5) is 0. The number of nitrogens with two attached hydrogens (primary N) is 1. The molecular weight excluding hydrogens is 192 g/mol. The van der Waals surface area contributed by atoms with E-state index in [9.17, 15) is 5.11 Å². The molecule has 0 amide bonds. The van der Waals surface area contributed by atoms with Crippen LogP contribution in [0.1, 0.15) is 25.1 Å². The molecule has 0 aliphatic heterocycles. The summed E-state index contributed by atoms with van der Waals surface area (Å²) in [6.07, 6.45) is 0. The van der Waals surface area contributed by atoms with Gasteiger partial charge in [-0.1, -0.05) is 5.16 Å². The first-order valence-corrected chi connectivity index (χ1v) is 4.78. The molecule has 4 heteroatoms. The van der Waals surface area contributed by atoms with Crippen LogP contribution in [0, 0.1) is 6.92 Å². The highest BCUT2D eigenvalue weighted by Gasteiger charge is 2.21. The third-order valence-corrected chi connectivity index (χ3v) is 2.48. The highest BCUT2D eigenvalue weighted by molar-refractivity contribution is 5.84. The quantitative estimate of drug-likeness (QED) is 0.699. The second kappa shape index (κ2) is 2.97. The summed E-state index contributed by atoms with van der Waals surface area (Å²) in [5.74, 6) is 0. The van der Waals surface area contributed by atoms with Gasteiger partial charge >= 0.3 is 0 Å². The van der Waals surface area contributed by atoms with Crippen molar-refractivity contribution < 1.29 is 9.63 Å². The van der Waals surface area contributed by atoms with Crippen molar-refractivity contribution in [3.05, 3.63) is 23.4 Å². The predicted molar refractivity (Wildman–Crippen MR) is 58.4 cm³/mol. The molecular formula is C11H14N2O2. The number of rotatable bonds is 1. The molecule has 3 N–H and O–H groups in total. The lowest BCUT2D eigenvalue weighted by Crippen LogP contribution is -2.17. The van der Waals surface area contributed by atoms with Crippen molar-refractivity contribution in [2.75, 3.05) is 5.73 Å². The maximum absolute atomic E-state index is 9.93. The molecule has 0 aliphatic rings. The third-order valence-electron chi connectivity index (χ3n) is 2.48. The van der Waals surface area contributed by atoms with Crippen LogP contribution < -0.4 is 5.73 Å². The minimum absolute atomic E-state index is 0.520. The van der Waals surface area contributed by atoms with E-state index < -0.39 is 5.60 Å². The summed E-state index contributed by atoms with van der Waals surface area (Å²) < 4.78 is 5.09. The zero-order valence-electron chi connectivity index (χ0n) is 9.03. The molecule has 1 aromatic heterocycles. The lowest BCUT2D eigenvalue weighted by atomic mass is 9.95. The molecule has 0 fully saturated rings. The number of hydrogen-bond donors (Lipinski definition) is 2. The molecule has 0 saturated carbocycles. The Morgan fingerprint density at radius 2 is 2.07 bits per heavy atom. The Labute approximate surface area is 87.7 Å². The summed E-state index contributed by atoms with van der Waals surface area (Å²) in [6.45, 7) is 5.26. The number of aromatic nitrogens is 1. The maximum atomic E-state index is 9.93. The molecule has 15 heavy (non-hydrogen) atoms. The van der Waals surface area contributed by atoms with Gasteiger partial charge in [0.05, 0.1) is 11.3 Å². The van der Waals surface area contributed by atoms with Gasteiger partial charge in [0.2, 0.25) is 0 Å². The van der Waals surface area contributed by atoms with E-state index in [0.717, 1.165) is 11.1 Å². The Morgan fingerprint density at radius 1 is 1.40 bits per heavy atom. The molecule has 0 spiro atoms. The average molecular weight is 206 g/mol. The van der Waals surface area contributed by atoms with Crippen molar-refractivity contribution in [3.8, 4) is 0 Å². The maximum Gasteiger partial charge on any atom is 0.169 e. The molecule has 0 bridgehead atoms. The number of hydrogen-bond acceptors (Lipinski definition) is 4. The summed E-state index contributed by atoms with van der Waals surface area (Å²) in [7, 11) is 0. The monoisotopic (exact) mass is 206 g/mol. The van der Waals surface area contributed by atoms with Crippen molar-refractivity contribution in [1.29, 1.82) is 0 Å². The molecule has 0 unspecified atom stereocenters. The topological polar surface area (TPSA) is 72.3 Å². The van der Waals surface area contributed by atoms with E-state index in [2.05, 4.69) is 5.16 Å². The van der Waals surface area contributed by atoms with Crippen molar-refractivity contribution in [3.63, 3.8) is 0 Å². The number of nitrogen functional groups attached to an aromatic ring is 1. The Kier molecular flexibility index (Phi) is 1.98. The van der Waals surface area contributed by atoms with Gasteiger partial charge in [-0.2, -0.15) is 0 Å². The van der Waals surface area contributed by atoms with Gasteiger partial charge in [-0.15, -0.1) is 0 Å². The minimum atomic E-state index is -0.956. The van der Waals surface area contributed by atoms with E-state index in [-0.39, 0.29) is 0 Å². The first-order valence-electron chi connectivity index (χ1n) is 4.78. The standard InChI is InChI=1S/C11H14N2O2/c1-6-7-4-8(11(2,3)14)9(12)5-10(7)15-13-6/h4-5,14H,12H2,1-3H3. The molecule has 1 heterocycles. The van der Waals surface area contributed by atoms with E-state index in [4.69, 9.17) is 10.3 Å². The predicted octanol–water partition coefficient (Wildman–Crippen LogP) is 1.95. The highest BCUT2D eigenvalue weighted by atomic mass is 16.5. The minimum Gasteiger partial charge on any atom is -0.398 e. The number of fused-ring (bicyclic) bond motifs is 1. The highest BCUT2D eigenvalue weighted by Crippen LogP contribution is 2.31. The first-order chi connectivity index (χ1) is 6.89. The number of anilines is 1. The number of aliphatic hydroxyl groups is 1. The van der Waals surface area contributed by atoms with Crippen LogP contribution in [0.15, 0.2) is 16.7 Å². The van der Waals surface area contributed by atoms with Crippen molar-refractivity contribution >= 4 is 16.7 Å². The molecule has 4 nitrogen and oxygen atoms in total. The van der Waals surface area contributed by atoms with Crippen LogP contribution in [-0.2, 0) is 5.60 Å². The summed E-state index contributed by atoms with van der Waals surface area (Å²) in [5, 5.41) is 14.7. The van der Waals surface area contributed by atoms with Gasteiger partial charge < -0.3 is 15.4 Å². The molecule has 0 aliphatic carbocycles. The van der Waals surface area contributed by atoms with E-state index in [0.29, 0.717) is 16.8 Å². The van der Waals surface area contributed by atoms with Crippen LogP contribution in [0.4, 0.5) is 5.69 Å². The van der Waals surface area contributed by atoms with Crippen LogP contribution in [0.5, 0.6) is 0 Å². The molecule has 0 atom stereocenters. The zero-order valence-corrected chi connectivity index (χ0v) is 9.03. The molecule has 0 saturated heterocycles. The number of nitrogens with zero attached hydrogens (tertiary/aromatic N) is 1. The molecule has 2 aromatic rings. The van der Waals surface area contributed by atoms with E-state index in [1.807, 2.05) is 13.0 Å². The van der Waals surface area contributed by atoms with Crippen LogP contribution in [0.25, 0.3) is 11.0 Å². The normalized spacial score (nSPS) is 12.3. The number of aryl methyl sites for hydroxylation is 1. The zero-order chi connectivity index (χ0) is 11.2. The van der Waals surface area contributed by atoms with E-state index in [1.54, 1.807) is 19.9 Å². The molecule has 2 rings (SSSR count). The van der Waals surface area contributed by atoms with Gasteiger partial charge in [-0.3, -0.25) is 0 Å². The van der Waals surface area contributed by atoms with Gasteiger partial charge in [-0.05, 0) is 26.8 Å². The Bertz CT molecular complexity index is 509. The van der Waals surface area contributed by atoms with Crippen LogP contribution >= 0.6 is 0 Å². The van der Waals surface area contributed by atoms with Gasteiger partial charge in [0.1, 0.15) is 0 Å². The fourth-order valence-electron chi connectivity index (χ4n) is 1.65. The van der Waals surface area contributed by atoms with E-state index in [1.165, 1.54) is 0 Å². The second-order valence-corrected chi connectivity index (χ2v) is 4.26. The SMILES string of the molecule is Cc1noc2cc(N)c(C(C)(C)O)cc12. The lowest BCUT2D eigenvalue weighted by molar-refractivity contribution is 0.0795. The van der Waals surface area contributed by atoms with Gasteiger partial charge in [-0.25, -0.2) is 0 Å². The summed E-state index contributed by atoms with van der Waals surface area (Å²) in [5.41, 5.74) is 7.55. The van der Waals surface area contributed by atoms with Crippen molar-refractivity contribution in [1.82, 2.24) is 5.16 Å². The van der Waals surface area contributed by atoms with Crippen LogP contribution in [-0.4, -0.2) is 10.3 Å². The lowest BCUT2D eigenvalue weighted by Gasteiger charge is -2.19. The largest absolute Gasteiger partial charge is 0.398 e. The van der Waals surface area contributed by atoms with Crippen molar-refractivity contribution in [2.24, 2.45) is 0 Å². The van der Waals surface area contributed by atoms with Gasteiger partial charge in [0.25, 0.3) is 0 Å². The Morgan fingerprint density at radius 3 is 2.67 bits per heavy atom. The number of benzene rings is 1. The summed E-state index contributed by atoms with van der Waals surface area (Å²) in [6, 6.07) is 3.53. The Hall–Kier alpha value is -1.55. The third kappa shape index (κ3) is 1.57. The first kappa shape index (κ1) is 9.98. The van der Waals surface area contributed by atoms with Gasteiger partial charge in [0, 0.05) is 22.7 Å². The van der Waals surface area contributed by atoms with E-state index >= 15 is 0 Å². The van der Waals surface area contributed by atoms with Gasteiger partial charge in [0.15, 0.2) is 5.58 Å². The molecule has 0 radical (unpaired) electrons. The fourth-order valence-corrected chi connectivity index (χ4v) is 1.65.